The number of nitrogens with zero attached hydrogens (tertiary/aromatic N) is 5. The van der Waals surface area contributed by atoms with Gasteiger partial charge in [0, 0.05) is 18.7 Å². The highest BCUT2D eigenvalue weighted by molar-refractivity contribution is 6.32. The number of fused-ring (bicyclic) bond motifs is 1. The summed E-state index contributed by atoms with van der Waals surface area (Å²) in [5.74, 6) is -0.0868. The molecule has 1 aliphatic heterocycles. The highest BCUT2D eigenvalue weighted by Gasteiger charge is 2.29. The van der Waals surface area contributed by atoms with Gasteiger partial charge in [-0.2, -0.15) is 4.98 Å². The fourth-order valence-electron chi connectivity index (χ4n) is 4.38. The van der Waals surface area contributed by atoms with Crippen LogP contribution in [0.4, 0.5) is 16.2 Å². The number of nitrogens with two attached hydrogens (primary N) is 1. The molecule has 2 aromatic heterocycles. The van der Waals surface area contributed by atoms with Crippen molar-refractivity contribution < 1.29 is 13.9 Å². The first-order chi connectivity index (χ1) is 17.0. The molecular formula is C25H24ClFN6O2. The first-order valence-electron chi connectivity index (χ1n) is 11.4. The van der Waals surface area contributed by atoms with Gasteiger partial charge in [0.25, 0.3) is 0 Å². The van der Waals surface area contributed by atoms with E-state index in [0.29, 0.717) is 64.5 Å². The van der Waals surface area contributed by atoms with Crippen molar-refractivity contribution in [3.63, 3.8) is 0 Å². The van der Waals surface area contributed by atoms with Gasteiger partial charge in [-0.15, -0.1) is 5.10 Å². The number of halogens is 2. The molecule has 0 radical (unpaired) electrons. The zero-order valence-electron chi connectivity index (χ0n) is 19.1. The molecule has 10 heteroatoms. The number of carbonyl (C=O) groups excluding carboxylic acids is 1. The molecule has 5 rings (SSSR count). The van der Waals surface area contributed by atoms with Gasteiger partial charge in [-0.05, 0) is 56.2 Å². The van der Waals surface area contributed by atoms with Crippen LogP contribution in [0.3, 0.4) is 0 Å². The van der Waals surface area contributed by atoms with Crippen molar-refractivity contribution in [2.45, 2.75) is 19.8 Å². The smallest absolute Gasteiger partial charge is 0.310 e. The SMILES string of the molecule is CCOC(=O)C1CCCN(c2nc(-c3ccc(F)cc3)c3c(N)n(-c4ccccc4Cl)nc3n2)C1. The lowest BCUT2D eigenvalue weighted by atomic mass is 9.98. The molecule has 180 valence electrons. The summed E-state index contributed by atoms with van der Waals surface area (Å²) in [6.45, 7) is 3.26. The van der Waals surface area contributed by atoms with Gasteiger partial charge in [0.1, 0.15) is 11.6 Å². The summed E-state index contributed by atoms with van der Waals surface area (Å²) in [5, 5.41) is 5.67. The maximum Gasteiger partial charge on any atom is 0.310 e. The number of piperidine rings is 1. The van der Waals surface area contributed by atoms with Crippen LogP contribution in [-0.4, -0.2) is 45.4 Å². The topological polar surface area (TPSA) is 99.2 Å². The molecule has 4 aromatic rings. The number of para-hydroxylation sites is 1. The summed E-state index contributed by atoms with van der Waals surface area (Å²) in [6, 6.07) is 13.3. The van der Waals surface area contributed by atoms with E-state index in [0.717, 1.165) is 12.8 Å². The quantitative estimate of drug-likeness (QED) is 0.403. The largest absolute Gasteiger partial charge is 0.466 e. The summed E-state index contributed by atoms with van der Waals surface area (Å²) < 4.78 is 20.4. The molecule has 2 N–H and O–H groups in total. The maximum atomic E-state index is 13.7. The maximum absolute atomic E-state index is 13.7. The van der Waals surface area contributed by atoms with E-state index in [-0.39, 0.29) is 17.7 Å². The Balaban J connectivity index is 1.65. The third-order valence-corrected chi connectivity index (χ3v) is 6.40. The lowest BCUT2D eigenvalue weighted by Crippen LogP contribution is -2.40. The first-order valence-corrected chi connectivity index (χ1v) is 11.8. The summed E-state index contributed by atoms with van der Waals surface area (Å²) >= 11 is 6.41. The molecule has 0 bridgehead atoms. The molecule has 0 saturated carbocycles. The number of anilines is 2. The Labute approximate surface area is 206 Å². The zero-order valence-corrected chi connectivity index (χ0v) is 19.9. The summed E-state index contributed by atoms with van der Waals surface area (Å²) in [7, 11) is 0. The number of benzene rings is 2. The number of hydrogen-bond acceptors (Lipinski definition) is 7. The third kappa shape index (κ3) is 4.39. The van der Waals surface area contributed by atoms with Gasteiger partial charge >= 0.3 is 5.97 Å². The van der Waals surface area contributed by atoms with Crippen LogP contribution < -0.4 is 10.6 Å². The van der Waals surface area contributed by atoms with Crippen LogP contribution in [0, 0.1) is 11.7 Å². The normalized spacial score (nSPS) is 16.0. The van der Waals surface area contributed by atoms with Crippen LogP contribution in [0.1, 0.15) is 19.8 Å². The third-order valence-electron chi connectivity index (χ3n) is 6.08. The van der Waals surface area contributed by atoms with E-state index in [1.54, 1.807) is 25.1 Å². The molecule has 1 saturated heterocycles. The second kappa shape index (κ2) is 9.50. The predicted octanol–water partition coefficient (Wildman–Crippen LogP) is 4.64. The Morgan fingerprint density at radius 2 is 1.97 bits per heavy atom. The van der Waals surface area contributed by atoms with E-state index in [1.807, 2.05) is 23.1 Å². The lowest BCUT2D eigenvalue weighted by Gasteiger charge is -2.31. The number of esters is 1. The number of hydrogen-bond donors (Lipinski definition) is 1. The predicted molar refractivity (Wildman–Crippen MR) is 133 cm³/mol. The van der Waals surface area contributed by atoms with Gasteiger partial charge in [-0.3, -0.25) is 4.79 Å². The molecule has 1 fully saturated rings. The summed E-state index contributed by atoms with van der Waals surface area (Å²) in [6.07, 6.45) is 1.55. The van der Waals surface area contributed by atoms with E-state index in [1.165, 1.54) is 16.8 Å². The van der Waals surface area contributed by atoms with Crippen molar-refractivity contribution in [1.29, 1.82) is 0 Å². The van der Waals surface area contributed by atoms with E-state index in [2.05, 4.69) is 5.10 Å². The molecule has 1 atom stereocenters. The number of carbonyl (C=O) groups is 1. The summed E-state index contributed by atoms with van der Waals surface area (Å²) in [4.78, 5) is 23.9. The van der Waals surface area contributed by atoms with Crippen molar-refractivity contribution in [1.82, 2.24) is 19.7 Å². The Bertz CT molecular complexity index is 1390. The first kappa shape index (κ1) is 23.0. The van der Waals surface area contributed by atoms with Crippen LogP contribution in [0.5, 0.6) is 0 Å². The van der Waals surface area contributed by atoms with Crippen LogP contribution in [0.15, 0.2) is 48.5 Å². The highest BCUT2D eigenvalue weighted by Crippen LogP contribution is 2.35. The van der Waals surface area contributed by atoms with Gasteiger partial charge < -0.3 is 15.4 Å². The van der Waals surface area contributed by atoms with E-state index >= 15 is 0 Å². The minimum absolute atomic E-state index is 0.218. The Hall–Kier alpha value is -3.72. The minimum Gasteiger partial charge on any atom is -0.466 e. The molecule has 8 nitrogen and oxygen atoms in total. The molecule has 0 spiro atoms. The minimum atomic E-state index is -0.354. The number of aromatic nitrogens is 4. The Morgan fingerprint density at radius 1 is 1.20 bits per heavy atom. The number of ether oxygens (including phenoxy) is 1. The fraction of sp³-hybridized carbons (Fsp3) is 0.280. The van der Waals surface area contributed by atoms with Gasteiger partial charge in [0.2, 0.25) is 5.95 Å². The molecule has 2 aromatic carbocycles. The second-order valence-electron chi connectivity index (χ2n) is 8.36. The average molecular weight is 495 g/mol. The molecule has 0 aliphatic carbocycles. The summed E-state index contributed by atoms with van der Waals surface area (Å²) in [5.41, 5.74) is 8.73. The van der Waals surface area contributed by atoms with Gasteiger partial charge in [-0.25, -0.2) is 14.1 Å². The Morgan fingerprint density at radius 3 is 2.71 bits per heavy atom. The molecule has 1 aliphatic rings. The van der Waals surface area contributed by atoms with Crippen molar-refractivity contribution >= 4 is 40.4 Å². The van der Waals surface area contributed by atoms with E-state index < -0.39 is 0 Å². The second-order valence-corrected chi connectivity index (χ2v) is 8.77. The monoisotopic (exact) mass is 494 g/mol. The van der Waals surface area contributed by atoms with Gasteiger partial charge in [0.05, 0.1) is 34.3 Å². The molecule has 1 unspecified atom stereocenters. The molecule has 3 heterocycles. The van der Waals surface area contributed by atoms with E-state index in [9.17, 15) is 9.18 Å². The van der Waals surface area contributed by atoms with Crippen molar-refractivity contribution in [2.75, 3.05) is 30.3 Å². The lowest BCUT2D eigenvalue weighted by molar-refractivity contribution is -0.148. The standard InChI is InChI=1S/C25H24ClFN6O2/c1-2-35-24(34)16-6-5-13-32(14-16)25-29-21(15-9-11-17(27)12-10-15)20-22(28)33(31-23(20)30-25)19-8-4-3-7-18(19)26/h3-4,7-12,16H,2,5-6,13-14,28H2,1H3. The Kier molecular flexibility index (Phi) is 6.25. The van der Waals surface area contributed by atoms with Crippen LogP contribution in [0.2, 0.25) is 5.02 Å². The van der Waals surface area contributed by atoms with E-state index in [4.69, 9.17) is 32.0 Å². The molecule has 35 heavy (non-hydrogen) atoms. The number of rotatable bonds is 5. The number of nitrogen functional groups attached to an aromatic ring is 1. The molecular weight excluding hydrogens is 471 g/mol. The fourth-order valence-corrected chi connectivity index (χ4v) is 4.59. The van der Waals surface area contributed by atoms with Crippen LogP contribution >= 0.6 is 11.6 Å². The van der Waals surface area contributed by atoms with Crippen molar-refractivity contribution in [3.8, 4) is 16.9 Å². The van der Waals surface area contributed by atoms with Gasteiger partial charge in [-0.1, -0.05) is 23.7 Å². The van der Waals surface area contributed by atoms with Crippen LogP contribution in [0.25, 0.3) is 28.0 Å². The van der Waals surface area contributed by atoms with Crippen molar-refractivity contribution in [3.05, 3.63) is 59.4 Å². The van der Waals surface area contributed by atoms with Crippen LogP contribution in [-0.2, 0) is 9.53 Å². The highest BCUT2D eigenvalue weighted by atomic mass is 35.5. The zero-order chi connectivity index (χ0) is 24.5. The van der Waals surface area contributed by atoms with Gasteiger partial charge in [0.15, 0.2) is 5.65 Å². The average Bonchev–Trinajstić information content (AvgIpc) is 3.20. The molecule has 0 amide bonds. The van der Waals surface area contributed by atoms with Crippen molar-refractivity contribution in [2.24, 2.45) is 5.92 Å².